The fourth-order valence-electron chi connectivity index (χ4n) is 6.55. The largest absolute Gasteiger partial charge is 0.455 e. The molecule has 0 saturated carbocycles. The first-order chi connectivity index (χ1) is 21.2. The summed E-state index contributed by atoms with van der Waals surface area (Å²) in [6, 6.07) is 42.6. The lowest BCUT2D eigenvalue weighted by Crippen LogP contribution is -2.03. The number of fused-ring (bicyclic) bond motifs is 10. The van der Waals surface area contributed by atoms with Gasteiger partial charge < -0.3 is 4.42 Å². The van der Waals surface area contributed by atoms with Crippen molar-refractivity contribution in [2.75, 3.05) is 0 Å². The van der Waals surface area contributed by atoms with Crippen molar-refractivity contribution in [1.29, 1.82) is 10.5 Å². The molecule has 0 fully saturated rings. The van der Waals surface area contributed by atoms with Gasteiger partial charge in [-0.05, 0) is 72.8 Å². The average Bonchev–Trinajstić information content (AvgIpc) is 3.71. The Morgan fingerprint density at radius 1 is 0.512 bits per heavy atom. The summed E-state index contributed by atoms with van der Waals surface area (Å²) in [5, 5.41) is 25.4. The molecule has 0 atom stereocenters. The van der Waals surface area contributed by atoms with E-state index in [2.05, 4.69) is 51.6 Å². The van der Waals surface area contributed by atoms with Gasteiger partial charge in [0, 0.05) is 26.9 Å². The lowest BCUT2D eigenvalue weighted by molar-refractivity contribution is 0.673. The molecule has 0 bridgehead atoms. The molecular weight excluding hydrogens is 530 g/mol. The van der Waals surface area contributed by atoms with Crippen molar-refractivity contribution < 1.29 is 4.42 Å². The molecule has 9 rings (SSSR count). The lowest BCUT2D eigenvalue weighted by atomic mass is 10.1. The second-order valence-electron chi connectivity index (χ2n) is 10.7. The predicted molar refractivity (Wildman–Crippen MR) is 170 cm³/mol. The van der Waals surface area contributed by atoms with Crippen LogP contribution in [0.3, 0.4) is 0 Å². The van der Waals surface area contributed by atoms with Crippen molar-refractivity contribution in [2.24, 2.45) is 0 Å². The number of rotatable bonds is 2. The normalized spacial score (nSPS) is 11.7. The van der Waals surface area contributed by atoms with Crippen molar-refractivity contribution in [1.82, 2.24) is 14.1 Å². The summed E-state index contributed by atoms with van der Waals surface area (Å²) in [6.07, 6.45) is 0. The Kier molecular flexibility index (Phi) is 4.65. The Balaban J connectivity index is 1.36. The first-order valence-corrected chi connectivity index (χ1v) is 13.9. The minimum absolute atomic E-state index is 0.586. The minimum Gasteiger partial charge on any atom is -0.455 e. The van der Waals surface area contributed by atoms with Crippen LogP contribution in [0.4, 0.5) is 0 Å². The maximum atomic E-state index is 9.76. The molecule has 0 unspecified atom stereocenters. The molecule has 0 aliphatic rings. The van der Waals surface area contributed by atoms with Crippen LogP contribution in [0.1, 0.15) is 11.1 Å². The Morgan fingerprint density at radius 2 is 1.12 bits per heavy atom. The zero-order chi connectivity index (χ0) is 28.7. The van der Waals surface area contributed by atoms with E-state index < -0.39 is 0 Å². The SMILES string of the molecule is N#Cc1ccc2c(c1)c1ccccc1n2-c1cccc(-n2c3ccc(C#N)cc3c3c4oc5ccccc5c4ccc32)n1. The molecule has 5 aromatic carbocycles. The highest BCUT2D eigenvalue weighted by atomic mass is 16.3. The summed E-state index contributed by atoms with van der Waals surface area (Å²) < 4.78 is 10.7. The number of aromatic nitrogens is 3. The molecule has 0 N–H and O–H groups in total. The summed E-state index contributed by atoms with van der Waals surface area (Å²) in [7, 11) is 0. The third kappa shape index (κ3) is 3.18. The molecule has 0 aliphatic heterocycles. The van der Waals surface area contributed by atoms with E-state index in [1.807, 2.05) is 84.9 Å². The molecule has 9 aromatic rings. The zero-order valence-electron chi connectivity index (χ0n) is 22.6. The van der Waals surface area contributed by atoms with Crippen LogP contribution in [0.2, 0.25) is 0 Å². The van der Waals surface area contributed by atoms with Crippen LogP contribution in [-0.2, 0) is 0 Å². The number of pyridine rings is 1. The molecule has 198 valence electrons. The van der Waals surface area contributed by atoms with E-state index in [4.69, 9.17) is 9.40 Å². The molecule has 43 heavy (non-hydrogen) atoms. The number of nitriles is 2. The molecule has 4 aromatic heterocycles. The molecular formula is C37H19N5O. The van der Waals surface area contributed by atoms with E-state index in [0.717, 1.165) is 77.2 Å². The van der Waals surface area contributed by atoms with Gasteiger partial charge in [0.05, 0.1) is 50.7 Å². The quantitative estimate of drug-likeness (QED) is 0.215. The van der Waals surface area contributed by atoms with Crippen LogP contribution in [0.5, 0.6) is 0 Å². The zero-order valence-corrected chi connectivity index (χ0v) is 22.6. The van der Waals surface area contributed by atoms with Crippen molar-refractivity contribution in [2.45, 2.75) is 0 Å². The molecule has 6 nitrogen and oxygen atoms in total. The van der Waals surface area contributed by atoms with Gasteiger partial charge in [0.2, 0.25) is 0 Å². The topological polar surface area (TPSA) is 83.5 Å². The van der Waals surface area contributed by atoms with E-state index in [-0.39, 0.29) is 0 Å². The third-order valence-electron chi connectivity index (χ3n) is 8.38. The van der Waals surface area contributed by atoms with Gasteiger partial charge in [-0.2, -0.15) is 10.5 Å². The van der Waals surface area contributed by atoms with E-state index in [9.17, 15) is 10.5 Å². The number of hydrogen-bond donors (Lipinski definition) is 0. The molecule has 4 heterocycles. The Bertz CT molecular complexity index is 2710. The fourth-order valence-corrected chi connectivity index (χ4v) is 6.55. The number of benzene rings is 5. The van der Waals surface area contributed by atoms with Crippen LogP contribution >= 0.6 is 0 Å². The molecule has 0 radical (unpaired) electrons. The van der Waals surface area contributed by atoms with Crippen molar-refractivity contribution in [3.8, 4) is 23.8 Å². The Hall–Kier alpha value is -6.37. The molecule has 0 aliphatic carbocycles. The molecule has 0 amide bonds. The smallest absolute Gasteiger partial charge is 0.145 e. The first kappa shape index (κ1) is 23.3. The maximum absolute atomic E-state index is 9.76. The number of para-hydroxylation sites is 2. The van der Waals surface area contributed by atoms with Gasteiger partial charge in [-0.15, -0.1) is 0 Å². The average molecular weight is 550 g/mol. The highest BCUT2D eigenvalue weighted by Crippen LogP contribution is 2.41. The van der Waals surface area contributed by atoms with Gasteiger partial charge >= 0.3 is 0 Å². The van der Waals surface area contributed by atoms with Gasteiger partial charge in [0.25, 0.3) is 0 Å². The van der Waals surface area contributed by atoms with Crippen molar-refractivity contribution >= 4 is 65.6 Å². The van der Waals surface area contributed by atoms with Crippen molar-refractivity contribution in [3.63, 3.8) is 0 Å². The van der Waals surface area contributed by atoms with Crippen LogP contribution in [0.25, 0.3) is 77.2 Å². The highest BCUT2D eigenvalue weighted by Gasteiger charge is 2.20. The first-order valence-electron chi connectivity index (χ1n) is 13.9. The van der Waals surface area contributed by atoms with Crippen LogP contribution in [0, 0.1) is 22.7 Å². The Labute approximate surface area is 244 Å². The molecule has 0 saturated heterocycles. The van der Waals surface area contributed by atoms with Gasteiger partial charge in [0.15, 0.2) is 0 Å². The van der Waals surface area contributed by atoms with Gasteiger partial charge in [-0.1, -0.05) is 42.5 Å². The second-order valence-corrected chi connectivity index (χ2v) is 10.7. The van der Waals surface area contributed by atoms with Gasteiger partial charge in [-0.25, -0.2) is 4.98 Å². The summed E-state index contributed by atoms with van der Waals surface area (Å²) in [6.45, 7) is 0. The van der Waals surface area contributed by atoms with Crippen LogP contribution in [-0.4, -0.2) is 14.1 Å². The predicted octanol–water partition coefficient (Wildman–Crippen LogP) is 8.92. The summed E-state index contributed by atoms with van der Waals surface area (Å²) in [5.41, 5.74) is 6.71. The van der Waals surface area contributed by atoms with Crippen molar-refractivity contribution in [3.05, 3.63) is 126 Å². The number of hydrogen-bond acceptors (Lipinski definition) is 4. The fraction of sp³-hybridized carbons (Fsp3) is 0. The summed E-state index contributed by atoms with van der Waals surface area (Å²) in [4.78, 5) is 5.23. The highest BCUT2D eigenvalue weighted by molar-refractivity contribution is 6.24. The Morgan fingerprint density at radius 3 is 1.88 bits per heavy atom. The van der Waals surface area contributed by atoms with Crippen LogP contribution < -0.4 is 0 Å². The van der Waals surface area contributed by atoms with Crippen LogP contribution in [0.15, 0.2) is 120 Å². The third-order valence-corrected chi connectivity index (χ3v) is 8.38. The minimum atomic E-state index is 0.586. The lowest BCUT2D eigenvalue weighted by Gasteiger charge is -2.11. The number of nitrogens with zero attached hydrogens (tertiary/aromatic N) is 5. The number of furan rings is 1. The maximum Gasteiger partial charge on any atom is 0.145 e. The standard InChI is InChI=1S/C37H19N5O/c38-20-22-12-15-30-27(18-22)24-6-1-3-8-29(24)41(30)34-10-5-11-35(40-34)42-31-16-13-23(21-39)19-28(31)36-32(42)17-14-26-25-7-2-4-9-33(25)43-37(26)36/h1-19H. The van der Waals surface area contributed by atoms with E-state index in [1.54, 1.807) is 0 Å². The summed E-state index contributed by atoms with van der Waals surface area (Å²) >= 11 is 0. The molecule has 0 spiro atoms. The monoisotopic (exact) mass is 549 g/mol. The summed E-state index contributed by atoms with van der Waals surface area (Å²) in [5.74, 6) is 1.51. The van der Waals surface area contributed by atoms with Gasteiger partial charge in [0.1, 0.15) is 22.8 Å². The van der Waals surface area contributed by atoms with E-state index in [0.29, 0.717) is 11.1 Å². The molecule has 6 heteroatoms. The second kappa shape index (κ2) is 8.57. The van der Waals surface area contributed by atoms with E-state index >= 15 is 0 Å². The van der Waals surface area contributed by atoms with E-state index in [1.165, 1.54) is 0 Å². The van der Waals surface area contributed by atoms with Gasteiger partial charge in [-0.3, -0.25) is 9.13 Å².